The molecule has 2 N–H and O–H groups in total. The standard InChI is InChI=1S/C28H34Cl2N4O2S.C6H13NO2/c1-19(2)15-24-25(21-11-12-22(29)23(30)16-21)33-26(37-24)34(17-20-9-7-6-8-10-20)14-13-31-18-32-27(35)36-28(3,4)5;1-6(2,3)9-5(8)7-4/h6-12,16,18-19H,13-15,17H2,1-5H3,(H,31,32,35);1-4H3,(H,7,8). The van der Waals surface area contributed by atoms with Gasteiger partial charge in [-0.05, 0) is 71.6 Å². The van der Waals surface area contributed by atoms with Crippen LogP contribution in [-0.4, -0.2) is 54.8 Å². The van der Waals surface area contributed by atoms with Crippen LogP contribution < -0.4 is 15.5 Å². The fraction of sp³-hybridized carbons (Fsp3) is 0.471. The van der Waals surface area contributed by atoms with Gasteiger partial charge in [-0.2, -0.15) is 0 Å². The molecule has 0 aliphatic rings. The van der Waals surface area contributed by atoms with Crippen LogP contribution in [0.25, 0.3) is 11.3 Å². The lowest BCUT2D eigenvalue weighted by Crippen LogP contribution is -2.32. The minimum absolute atomic E-state index is 0.387. The summed E-state index contributed by atoms with van der Waals surface area (Å²) in [6.07, 6.45) is 1.39. The number of benzene rings is 2. The first-order chi connectivity index (χ1) is 21.5. The fourth-order valence-electron chi connectivity index (χ4n) is 3.88. The molecule has 1 heterocycles. The van der Waals surface area contributed by atoms with Crippen LogP contribution in [0.5, 0.6) is 0 Å². The van der Waals surface area contributed by atoms with E-state index in [9.17, 15) is 9.59 Å². The Morgan fingerprint density at radius 2 is 1.61 bits per heavy atom. The Labute approximate surface area is 287 Å². The van der Waals surface area contributed by atoms with Crippen molar-refractivity contribution in [2.24, 2.45) is 10.9 Å². The van der Waals surface area contributed by atoms with Crippen molar-refractivity contribution < 1.29 is 19.1 Å². The normalized spacial score (nSPS) is 11.6. The number of aromatic nitrogens is 1. The van der Waals surface area contributed by atoms with Crippen molar-refractivity contribution in [2.45, 2.75) is 79.6 Å². The molecular weight excluding hydrogens is 645 g/mol. The molecule has 3 rings (SSSR count). The maximum atomic E-state index is 11.9. The number of nitrogens with one attached hydrogen (secondary N) is 2. The van der Waals surface area contributed by atoms with Gasteiger partial charge in [0, 0.05) is 30.6 Å². The van der Waals surface area contributed by atoms with Gasteiger partial charge < -0.3 is 19.7 Å². The molecule has 0 saturated heterocycles. The molecular formula is C34H47Cl2N5O4S. The second kappa shape index (κ2) is 18.1. The van der Waals surface area contributed by atoms with E-state index in [0.29, 0.717) is 35.6 Å². The third-order valence-electron chi connectivity index (χ3n) is 5.73. The molecule has 0 radical (unpaired) electrons. The van der Waals surface area contributed by atoms with Crippen molar-refractivity contribution in [1.82, 2.24) is 15.6 Å². The van der Waals surface area contributed by atoms with E-state index in [1.165, 1.54) is 23.8 Å². The average Bonchev–Trinajstić information content (AvgIpc) is 3.35. The Morgan fingerprint density at radius 1 is 0.978 bits per heavy atom. The number of aliphatic imine (C=N–C) groups is 1. The Bertz CT molecular complexity index is 1430. The van der Waals surface area contributed by atoms with Crippen molar-refractivity contribution in [3.05, 3.63) is 69.0 Å². The van der Waals surface area contributed by atoms with Crippen LogP contribution in [0.3, 0.4) is 0 Å². The van der Waals surface area contributed by atoms with E-state index in [1.807, 2.05) is 77.9 Å². The Balaban J connectivity index is 0.000000713. The summed E-state index contributed by atoms with van der Waals surface area (Å²) in [7, 11) is 1.54. The summed E-state index contributed by atoms with van der Waals surface area (Å²) in [4.78, 5) is 35.2. The van der Waals surface area contributed by atoms with E-state index >= 15 is 0 Å². The number of rotatable bonds is 10. The van der Waals surface area contributed by atoms with Gasteiger partial charge in [0.25, 0.3) is 0 Å². The quantitative estimate of drug-likeness (QED) is 0.162. The van der Waals surface area contributed by atoms with E-state index < -0.39 is 11.7 Å². The predicted molar refractivity (Wildman–Crippen MR) is 192 cm³/mol. The first-order valence-corrected chi connectivity index (χ1v) is 16.7. The molecule has 2 amide bonds. The Morgan fingerprint density at radius 3 is 2.15 bits per heavy atom. The maximum Gasteiger partial charge on any atom is 0.412 e. The van der Waals surface area contributed by atoms with Crippen LogP contribution in [-0.2, 0) is 22.4 Å². The number of thiazole rings is 1. The molecule has 12 heteroatoms. The molecule has 0 saturated carbocycles. The van der Waals surface area contributed by atoms with Crippen molar-refractivity contribution in [2.75, 3.05) is 25.0 Å². The molecule has 0 atom stereocenters. The summed E-state index contributed by atoms with van der Waals surface area (Å²) in [5.74, 6) is 0.473. The molecule has 2 aromatic carbocycles. The van der Waals surface area contributed by atoms with Crippen LogP contribution in [0.15, 0.2) is 53.5 Å². The van der Waals surface area contributed by atoms with Gasteiger partial charge in [0.05, 0.1) is 28.6 Å². The van der Waals surface area contributed by atoms with Gasteiger partial charge in [-0.25, -0.2) is 14.6 Å². The van der Waals surface area contributed by atoms with E-state index in [2.05, 4.69) is 46.5 Å². The average molecular weight is 693 g/mol. The summed E-state index contributed by atoms with van der Waals surface area (Å²) in [5.41, 5.74) is 2.11. The van der Waals surface area contributed by atoms with Crippen molar-refractivity contribution in [3.8, 4) is 11.3 Å². The number of hydrogen-bond acceptors (Lipinski definition) is 8. The summed E-state index contributed by atoms with van der Waals surface area (Å²) in [6.45, 7) is 17.1. The third-order valence-corrected chi connectivity index (χ3v) is 7.61. The highest BCUT2D eigenvalue weighted by Crippen LogP contribution is 2.37. The molecule has 3 aromatic rings. The number of halogens is 2. The van der Waals surface area contributed by atoms with Crippen LogP contribution in [0.2, 0.25) is 10.0 Å². The number of carbonyl (C=O) groups excluding carboxylic acids is 2. The monoisotopic (exact) mass is 691 g/mol. The van der Waals surface area contributed by atoms with Gasteiger partial charge >= 0.3 is 12.2 Å². The lowest BCUT2D eigenvalue weighted by Gasteiger charge is -2.21. The number of amides is 2. The van der Waals surface area contributed by atoms with E-state index in [0.717, 1.165) is 22.8 Å². The molecule has 0 fully saturated rings. The molecule has 1 aromatic heterocycles. The van der Waals surface area contributed by atoms with Gasteiger partial charge in [-0.1, -0.05) is 73.4 Å². The van der Waals surface area contributed by atoms with Crippen LogP contribution in [0.4, 0.5) is 14.7 Å². The van der Waals surface area contributed by atoms with E-state index in [-0.39, 0.29) is 11.7 Å². The highest BCUT2D eigenvalue weighted by molar-refractivity contribution is 7.16. The third kappa shape index (κ3) is 14.8. The molecule has 0 unspecified atom stereocenters. The first kappa shape index (κ1) is 38.8. The summed E-state index contributed by atoms with van der Waals surface area (Å²) in [5, 5.41) is 6.87. The smallest absolute Gasteiger partial charge is 0.412 e. The molecule has 9 nitrogen and oxygen atoms in total. The minimum atomic E-state index is -0.561. The summed E-state index contributed by atoms with van der Waals surface area (Å²) >= 11 is 14.2. The number of hydrogen-bond donors (Lipinski definition) is 2. The topological polar surface area (TPSA) is 105 Å². The molecule has 252 valence electrons. The highest BCUT2D eigenvalue weighted by Gasteiger charge is 2.20. The SMILES string of the molecule is CC(C)Cc1sc(N(CCN=CNC(=O)OC(C)(C)C)Cc2ccccc2)nc1-c1ccc(Cl)c(Cl)c1.CNC(=O)OC(C)(C)C. The number of alkyl carbamates (subject to hydrolysis) is 2. The van der Waals surface area contributed by atoms with Crippen molar-refractivity contribution in [1.29, 1.82) is 0 Å². The zero-order valence-corrected chi connectivity index (χ0v) is 30.6. The predicted octanol–water partition coefficient (Wildman–Crippen LogP) is 9.02. The number of carbonyl (C=O) groups is 2. The van der Waals surface area contributed by atoms with Crippen LogP contribution in [0, 0.1) is 5.92 Å². The lowest BCUT2D eigenvalue weighted by atomic mass is 10.0. The first-order valence-electron chi connectivity index (χ1n) is 15.1. The van der Waals surface area contributed by atoms with Gasteiger partial charge in [0.2, 0.25) is 0 Å². The Hall–Kier alpha value is -3.34. The fourth-order valence-corrected chi connectivity index (χ4v) is 5.49. The second-order valence-electron chi connectivity index (χ2n) is 12.8. The largest absolute Gasteiger partial charge is 0.444 e. The molecule has 0 spiro atoms. The van der Waals surface area contributed by atoms with E-state index in [4.69, 9.17) is 37.7 Å². The minimum Gasteiger partial charge on any atom is -0.444 e. The number of nitrogens with zero attached hydrogens (tertiary/aromatic N) is 3. The molecule has 46 heavy (non-hydrogen) atoms. The zero-order chi connectivity index (χ0) is 34.5. The lowest BCUT2D eigenvalue weighted by molar-refractivity contribution is 0.0537. The van der Waals surface area contributed by atoms with Crippen LogP contribution in [0.1, 0.15) is 65.8 Å². The maximum absolute atomic E-state index is 11.9. The summed E-state index contributed by atoms with van der Waals surface area (Å²) in [6, 6.07) is 15.9. The Kier molecular flexibility index (Phi) is 15.3. The molecule has 0 bridgehead atoms. The number of ether oxygens (including phenoxy) is 2. The van der Waals surface area contributed by atoms with Gasteiger partial charge in [0.15, 0.2) is 5.13 Å². The number of anilines is 1. The second-order valence-corrected chi connectivity index (χ2v) is 14.7. The molecule has 0 aliphatic heterocycles. The summed E-state index contributed by atoms with van der Waals surface area (Å²) < 4.78 is 10.1. The van der Waals surface area contributed by atoms with Gasteiger partial charge in [0.1, 0.15) is 11.2 Å². The highest BCUT2D eigenvalue weighted by atomic mass is 35.5. The van der Waals surface area contributed by atoms with E-state index in [1.54, 1.807) is 11.3 Å². The van der Waals surface area contributed by atoms with Gasteiger partial charge in [-0.15, -0.1) is 11.3 Å². The molecule has 0 aliphatic carbocycles. The van der Waals surface area contributed by atoms with Gasteiger partial charge in [-0.3, -0.25) is 10.3 Å². The zero-order valence-electron chi connectivity index (χ0n) is 28.2. The van der Waals surface area contributed by atoms with Crippen molar-refractivity contribution in [3.63, 3.8) is 0 Å². The van der Waals surface area contributed by atoms with Crippen LogP contribution >= 0.6 is 34.5 Å². The van der Waals surface area contributed by atoms with Crippen molar-refractivity contribution >= 4 is 58.2 Å².